The Morgan fingerprint density at radius 2 is 1.90 bits per heavy atom. The maximum absolute atomic E-state index is 13.7. The molecule has 2 aromatic carbocycles. The fraction of sp³-hybridized carbons (Fsp3) is 0.348. The molecule has 0 bridgehead atoms. The summed E-state index contributed by atoms with van der Waals surface area (Å²) in [5.41, 5.74) is 3.76. The molecule has 3 aromatic rings. The van der Waals surface area contributed by atoms with Crippen LogP contribution >= 0.6 is 0 Å². The van der Waals surface area contributed by atoms with E-state index in [0.29, 0.717) is 6.42 Å². The van der Waals surface area contributed by atoms with Gasteiger partial charge in [0.2, 0.25) is 10.0 Å². The Balaban J connectivity index is 1.67. The molecule has 5 nitrogen and oxygen atoms in total. The van der Waals surface area contributed by atoms with Gasteiger partial charge in [-0.15, -0.1) is 0 Å². The molecular formula is C23H26FN3O2S. The van der Waals surface area contributed by atoms with Gasteiger partial charge in [-0.25, -0.2) is 22.5 Å². The zero-order valence-corrected chi connectivity index (χ0v) is 18.0. The molecule has 2 atom stereocenters. The van der Waals surface area contributed by atoms with Crippen LogP contribution in [-0.4, -0.2) is 29.8 Å². The van der Waals surface area contributed by atoms with Crippen LogP contribution in [0.2, 0.25) is 0 Å². The van der Waals surface area contributed by atoms with Crippen molar-refractivity contribution in [1.29, 1.82) is 0 Å². The van der Waals surface area contributed by atoms with Crippen LogP contribution in [0.25, 0.3) is 11.1 Å². The first kappa shape index (κ1) is 20.8. The van der Waals surface area contributed by atoms with Gasteiger partial charge in [0.25, 0.3) is 0 Å². The maximum Gasteiger partial charge on any atom is 0.211 e. The zero-order valence-electron chi connectivity index (χ0n) is 17.2. The van der Waals surface area contributed by atoms with E-state index in [1.165, 1.54) is 12.1 Å². The lowest BCUT2D eigenvalue weighted by Gasteiger charge is -2.32. The molecule has 0 saturated heterocycles. The molecule has 2 unspecified atom stereocenters. The number of sulfonamides is 1. The van der Waals surface area contributed by atoms with Gasteiger partial charge in [-0.05, 0) is 55.5 Å². The molecule has 0 radical (unpaired) electrons. The van der Waals surface area contributed by atoms with Crippen molar-refractivity contribution in [2.75, 3.05) is 5.75 Å². The van der Waals surface area contributed by atoms with Crippen LogP contribution in [0.1, 0.15) is 36.3 Å². The highest BCUT2D eigenvalue weighted by Gasteiger charge is 2.33. The molecule has 1 aliphatic rings. The summed E-state index contributed by atoms with van der Waals surface area (Å²) in [5, 5.41) is 0. The number of aryl methyl sites for hydroxylation is 2. The summed E-state index contributed by atoms with van der Waals surface area (Å²) < 4.78 is 43.2. The van der Waals surface area contributed by atoms with E-state index in [4.69, 9.17) is 4.98 Å². The van der Waals surface area contributed by atoms with Crippen LogP contribution < -0.4 is 4.72 Å². The van der Waals surface area contributed by atoms with Crippen LogP contribution in [0.3, 0.4) is 0 Å². The summed E-state index contributed by atoms with van der Waals surface area (Å²) in [6, 6.07) is 14.3. The summed E-state index contributed by atoms with van der Waals surface area (Å²) in [6.45, 7) is 4.35. The summed E-state index contributed by atoms with van der Waals surface area (Å²) in [7, 11) is -3.32. The molecule has 1 N–H and O–H groups in total. The molecule has 0 amide bonds. The van der Waals surface area contributed by atoms with Crippen LogP contribution in [-0.2, 0) is 23.0 Å². The van der Waals surface area contributed by atoms with E-state index in [-0.39, 0.29) is 23.5 Å². The molecule has 1 aromatic heterocycles. The van der Waals surface area contributed by atoms with Crippen LogP contribution in [0, 0.1) is 12.7 Å². The zero-order chi connectivity index (χ0) is 21.3. The van der Waals surface area contributed by atoms with Crippen molar-refractivity contribution in [1.82, 2.24) is 14.3 Å². The summed E-state index contributed by atoms with van der Waals surface area (Å²) in [4.78, 5) is 4.71. The number of nitrogens with zero attached hydrogens (tertiary/aromatic N) is 2. The lowest BCUT2D eigenvalue weighted by atomic mass is 9.87. The number of rotatable bonds is 6. The number of nitrogens with one attached hydrogen (secondary N) is 1. The van der Waals surface area contributed by atoms with E-state index in [9.17, 15) is 12.8 Å². The molecule has 0 spiro atoms. The first-order chi connectivity index (χ1) is 14.3. The Kier molecular flexibility index (Phi) is 5.75. The predicted molar refractivity (Wildman–Crippen MR) is 116 cm³/mol. The molecule has 0 aliphatic carbocycles. The molecule has 1 aliphatic heterocycles. The number of aromatic nitrogens is 2. The minimum absolute atomic E-state index is 0.0543. The van der Waals surface area contributed by atoms with E-state index in [2.05, 4.69) is 15.4 Å². The van der Waals surface area contributed by atoms with Gasteiger partial charge in [0.05, 0.1) is 11.4 Å². The maximum atomic E-state index is 13.7. The smallest absolute Gasteiger partial charge is 0.211 e. The Labute approximate surface area is 177 Å². The third-order valence-electron chi connectivity index (χ3n) is 5.68. The molecular weight excluding hydrogens is 401 g/mol. The topological polar surface area (TPSA) is 64.0 Å². The third-order valence-corrected chi connectivity index (χ3v) is 7.10. The SMILES string of the molecule is CCS(=O)(=O)NC1CCn2cc(C)nc2C1Cc1cccc(-c2cccc(F)c2)c1. The number of fused-ring (bicyclic) bond motifs is 1. The first-order valence-corrected chi connectivity index (χ1v) is 11.9. The second-order valence-corrected chi connectivity index (χ2v) is 9.91. The average Bonchev–Trinajstić information content (AvgIpc) is 3.10. The highest BCUT2D eigenvalue weighted by Crippen LogP contribution is 2.32. The Morgan fingerprint density at radius 3 is 2.63 bits per heavy atom. The second kappa shape index (κ2) is 8.32. The first-order valence-electron chi connectivity index (χ1n) is 10.2. The van der Waals surface area contributed by atoms with Gasteiger partial charge in [0, 0.05) is 24.7 Å². The largest absolute Gasteiger partial charge is 0.334 e. The highest BCUT2D eigenvalue weighted by atomic mass is 32.2. The van der Waals surface area contributed by atoms with Crippen molar-refractivity contribution in [2.45, 2.75) is 45.2 Å². The number of imidazole rings is 1. The minimum atomic E-state index is -3.32. The number of halogens is 1. The molecule has 0 fully saturated rings. The van der Waals surface area contributed by atoms with E-state index >= 15 is 0 Å². The molecule has 30 heavy (non-hydrogen) atoms. The normalized spacial score (nSPS) is 18.9. The number of hydrogen-bond acceptors (Lipinski definition) is 3. The van der Waals surface area contributed by atoms with E-state index < -0.39 is 10.0 Å². The van der Waals surface area contributed by atoms with E-state index in [1.54, 1.807) is 13.0 Å². The molecule has 2 heterocycles. The van der Waals surface area contributed by atoms with Crippen LogP contribution in [0.15, 0.2) is 54.7 Å². The predicted octanol–water partition coefficient (Wildman–Crippen LogP) is 4.04. The van der Waals surface area contributed by atoms with Crippen molar-refractivity contribution in [3.05, 3.63) is 77.6 Å². The third kappa shape index (κ3) is 4.47. The molecule has 0 saturated carbocycles. The van der Waals surface area contributed by atoms with Gasteiger partial charge in [-0.2, -0.15) is 0 Å². The summed E-state index contributed by atoms with van der Waals surface area (Å²) >= 11 is 0. The average molecular weight is 428 g/mol. The Hall–Kier alpha value is -2.51. The van der Waals surface area contributed by atoms with Crippen LogP contribution in [0.5, 0.6) is 0 Å². The summed E-state index contributed by atoms with van der Waals surface area (Å²) in [5.74, 6) is 0.630. The summed E-state index contributed by atoms with van der Waals surface area (Å²) in [6.07, 6.45) is 3.39. The van der Waals surface area contributed by atoms with Crippen molar-refractivity contribution in [3.8, 4) is 11.1 Å². The fourth-order valence-corrected chi connectivity index (χ4v) is 5.10. The molecule has 4 rings (SSSR count). The molecule has 7 heteroatoms. The number of benzene rings is 2. The molecule has 158 valence electrons. The van der Waals surface area contributed by atoms with E-state index in [1.807, 2.05) is 37.4 Å². The minimum Gasteiger partial charge on any atom is -0.334 e. The standard InChI is InChI=1S/C23H26FN3O2S/c1-3-30(28,29)26-22-10-11-27-15-16(2)25-23(27)21(22)13-17-6-4-7-18(12-17)19-8-5-9-20(24)14-19/h4-9,12,14-15,21-22,26H,3,10-11,13H2,1-2H3. The van der Waals surface area contributed by atoms with Gasteiger partial charge in [0.15, 0.2) is 0 Å². The van der Waals surface area contributed by atoms with Gasteiger partial charge in [-0.3, -0.25) is 0 Å². The van der Waals surface area contributed by atoms with Crippen molar-refractivity contribution < 1.29 is 12.8 Å². The van der Waals surface area contributed by atoms with Gasteiger partial charge in [0.1, 0.15) is 11.6 Å². The monoisotopic (exact) mass is 427 g/mol. The fourth-order valence-electron chi connectivity index (χ4n) is 4.19. The Morgan fingerprint density at radius 1 is 1.17 bits per heavy atom. The quantitative estimate of drug-likeness (QED) is 0.646. The Bertz CT molecular complexity index is 1160. The van der Waals surface area contributed by atoms with Gasteiger partial charge >= 0.3 is 0 Å². The van der Waals surface area contributed by atoms with Crippen molar-refractivity contribution in [2.24, 2.45) is 0 Å². The van der Waals surface area contributed by atoms with Crippen molar-refractivity contribution in [3.63, 3.8) is 0 Å². The van der Waals surface area contributed by atoms with Crippen LogP contribution in [0.4, 0.5) is 4.39 Å². The van der Waals surface area contributed by atoms with E-state index in [0.717, 1.165) is 41.2 Å². The number of hydrogen-bond donors (Lipinski definition) is 1. The van der Waals surface area contributed by atoms with Gasteiger partial charge in [-0.1, -0.05) is 36.4 Å². The van der Waals surface area contributed by atoms with Gasteiger partial charge < -0.3 is 4.57 Å². The lowest BCUT2D eigenvalue weighted by molar-refractivity contribution is 0.361. The second-order valence-electron chi connectivity index (χ2n) is 7.87. The van der Waals surface area contributed by atoms with Crippen molar-refractivity contribution >= 4 is 10.0 Å². The lowest BCUT2D eigenvalue weighted by Crippen LogP contribution is -2.44. The highest BCUT2D eigenvalue weighted by molar-refractivity contribution is 7.89.